The molecule has 1 fully saturated rings. The molecule has 21 heavy (non-hydrogen) atoms. The van der Waals surface area contributed by atoms with Crippen molar-refractivity contribution < 1.29 is 4.74 Å². The van der Waals surface area contributed by atoms with E-state index in [4.69, 9.17) is 10.5 Å². The van der Waals surface area contributed by atoms with Gasteiger partial charge >= 0.3 is 0 Å². The molecule has 0 saturated carbocycles. The summed E-state index contributed by atoms with van der Waals surface area (Å²) < 4.78 is 5.49. The quantitative estimate of drug-likeness (QED) is 0.874. The molecule has 1 saturated heterocycles. The van der Waals surface area contributed by atoms with Crippen molar-refractivity contribution in [3.63, 3.8) is 0 Å². The van der Waals surface area contributed by atoms with E-state index in [1.54, 1.807) is 0 Å². The van der Waals surface area contributed by atoms with Crippen molar-refractivity contribution in [3.8, 4) is 0 Å². The van der Waals surface area contributed by atoms with Crippen molar-refractivity contribution in [2.24, 2.45) is 5.73 Å². The van der Waals surface area contributed by atoms with Gasteiger partial charge in [0.25, 0.3) is 0 Å². The Morgan fingerprint density at radius 2 is 2.00 bits per heavy atom. The van der Waals surface area contributed by atoms with Gasteiger partial charge in [0.1, 0.15) is 0 Å². The number of hydrogen-bond donors (Lipinski definition) is 1. The molecule has 0 spiro atoms. The Labute approximate surface area is 129 Å². The van der Waals surface area contributed by atoms with E-state index in [0.717, 1.165) is 39.1 Å². The molecule has 2 atom stereocenters. The van der Waals surface area contributed by atoms with Gasteiger partial charge in [0.2, 0.25) is 0 Å². The number of ether oxygens (including phenoxy) is 1. The molecule has 2 rings (SSSR count). The van der Waals surface area contributed by atoms with Gasteiger partial charge in [-0.15, -0.1) is 0 Å². The van der Waals surface area contributed by atoms with E-state index in [-0.39, 0.29) is 11.6 Å². The maximum absolute atomic E-state index is 6.70. The third-order valence-corrected chi connectivity index (χ3v) is 4.97. The molecular formula is C18H30N2O. The van der Waals surface area contributed by atoms with E-state index in [2.05, 4.69) is 49.9 Å². The van der Waals surface area contributed by atoms with Crippen LogP contribution in [0.3, 0.4) is 0 Å². The first kappa shape index (κ1) is 16.5. The van der Waals surface area contributed by atoms with Crippen molar-refractivity contribution in [1.29, 1.82) is 0 Å². The predicted octanol–water partition coefficient (Wildman–Crippen LogP) is 3.14. The minimum Gasteiger partial charge on any atom is -0.379 e. The Morgan fingerprint density at radius 1 is 1.29 bits per heavy atom. The zero-order valence-corrected chi connectivity index (χ0v) is 13.8. The Bertz CT molecular complexity index is 443. The molecule has 0 bridgehead atoms. The summed E-state index contributed by atoms with van der Waals surface area (Å²) in [5.74, 6) is 0. The normalized spacial score (nSPS) is 21.0. The highest BCUT2D eigenvalue weighted by Gasteiger charge is 2.37. The fraction of sp³-hybridized carbons (Fsp3) is 0.667. The first-order valence-electron chi connectivity index (χ1n) is 8.29. The molecule has 0 aromatic heterocycles. The van der Waals surface area contributed by atoms with Gasteiger partial charge in [-0.25, -0.2) is 0 Å². The lowest BCUT2D eigenvalue weighted by Crippen LogP contribution is -2.56. The van der Waals surface area contributed by atoms with Crippen LogP contribution in [0.4, 0.5) is 0 Å². The summed E-state index contributed by atoms with van der Waals surface area (Å²) in [7, 11) is 0. The fourth-order valence-electron chi connectivity index (χ4n) is 3.30. The summed E-state index contributed by atoms with van der Waals surface area (Å²) in [6, 6.07) is 8.87. The first-order chi connectivity index (χ1) is 10.1. The topological polar surface area (TPSA) is 38.5 Å². The maximum atomic E-state index is 6.70. The van der Waals surface area contributed by atoms with E-state index in [9.17, 15) is 0 Å². The fourth-order valence-corrected chi connectivity index (χ4v) is 3.30. The zero-order chi connectivity index (χ0) is 15.3. The Kier molecular flexibility index (Phi) is 5.80. The summed E-state index contributed by atoms with van der Waals surface area (Å²) in [6.07, 6.45) is 3.35. The van der Waals surface area contributed by atoms with Crippen LogP contribution in [-0.4, -0.2) is 36.7 Å². The Morgan fingerprint density at radius 3 is 2.62 bits per heavy atom. The molecule has 1 aliphatic rings. The van der Waals surface area contributed by atoms with E-state index >= 15 is 0 Å². The smallest absolute Gasteiger partial charge is 0.0594 e. The van der Waals surface area contributed by atoms with Crippen molar-refractivity contribution >= 4 is 0 Å². The van der Waals surface area contributed by atoms with Crippen LogP contribution < -0.4 is 5.73 Å². The highest BCUT2D eigenvalue weighted by molar-refractivity contribution is 5.28. The SMILES string of the molecule is CCCc1cccc(C(N)C(C)(CC)N2CCOCC2)c1. The van der Waals surface area contributed by atoms with Gasteiger partial charge in [-0.05, 0) is 30.9 Å². The second-order valence-electron chi connectivity index (χ2n) is 6.28. The van der Waals surface area contributed by atoms with E-state index in [1.807, 2.05) is 0 Å². The lowest BCUT2D eigenvalue weighted by Gasteiger charge is -2.46. The van der Waals surface area contributed by atoms with Crippen LogP contribution in [0.15, 0.2) is 24.3 Å². The molecule has 3 nitrogen and oxygen atoms in total. The van der Waals surface area contributed by atoms with Crippen LogP contribution in [0.5, 0.6) is 0 Å². The van der Waals surface area contributed by atoms with Crippen molar-refractivity contribution in [1.82, 2.24) is 4.90 Å². The minimum atomic E-state index is -0.00534. The lowest BCUT2D eigenvalue weighted by molar-refractivity contribution is -0.0277. The second kappa shape index (κ2) is 7.39. The van der Waals surface area contributed by atoms with Crippen molar-refractivity contribution in [2.75, 3.05) is 26.3 Å². The van der Waals surface area contributed by atoms with Gasteiger partial charge in [-0.2, -0.15) is 0 Å². The molecule has 118 valence electrons. The molecule has 1 aromatic rings. The Balaban J connectivity index is 2.21. The van der Waals surface area contributed by atoms with Crippen molar-refractivity contribution in [2.45, 2.75) is 51.6 Å². The number of nitrogens with two attached hydrogens (primary N) is 1. The van der Waals surface area contributed by atoms with Crippen LogP contribution in [0.25, 0.3) is 0 Å². The monoisotopic (exact) mass is 290 g/mol. The molecule has 0 aliphatic carbocycles. The number of rotatable bonds is 6. The standard InChI is InChI=1S/C18H30N2O/c1-4-7-15-8-6-9-16(14-15)17(19)18(3,5-2)20-10-12-21-13-11-20/h6,8-9,14,17H,4-5,7,10-13,19H2,1-3H3. The highest BCUT2D eigenvalue weighted by Crippen LogP contribution is 2.33. The molecule has 1 aliphatic heterocycles. The maximum Gasteiger partial charge on any atom is 0.0594 e. The summed E-state index contributed by atoms with van der Waals surface area (Å²) in [5, 5.41) is 0. The summed E-state index contributed by atoms with van der Waals surface area (Å²) in [4.78, 5) is 2.51. The third kappa shape index (κ3) is 3.65. The largest absolute Gasteiger partial charge is 0.379 e. The first-order valence-corrected chi connectivity index (χ1v) is 8.29. The van der Waals surface area contributed by atoms with Crippen LogP contribution in [0, 0.1) is 0 Å². The lowest BCUT2D eigenvalue weighted by atomic mass is 9.82. The molecule has 0 radical (unpaired) electrons. The van der Waals surface area contributed by atoms with Gasteiger partial charge in [-0.1, -0.05) is 44.5 Å². The van der Waals surface area contributed by atoms with Crippen LogP contribution in [0.2, 0.25) is 0 Å². The Hall–Kier alpha value is -0.900. The summed E-state index contributed by atoms with van der Waals surface area (Å²) >= 11 is 0. The number of benzene rings is 1. The third-order valence-electron chi connectivity index (χ3n) is 4.97. The van der Waals surface area contributed by atoms with Crippen LogP contribution >= 0.6 is 0 Å². The molecule has 2 N–H and O–H groups in total. The molecule has 0 amide bonds. The number of hydrogen-bond acceptors (Lipinski definition) is 3. The van der Waals surface area contributed by atoms with E-state index < -0.39 is 0 Å². The van der Waals surface area contributed by atoms with Gasteiger partial charge in [0, 0.05) is 24.7 Å². The second-order valence-corrected chi connectivity index (χ2v) is 6.28. The highest BCUT2D eigenvalue weighted by atomic mass is 16.5. The van der Waals surface area contributed by atoms with Crippen molar-refractivity contribution in [3.05, 3.63) is 35.4 Å². The van der Waals surface area contributed by atoms with Crippen LogP contribution in [-0.2, 0) is 11.2 Å². The molecule has 3 heteroatoms. The molecule has 2 unspecified atom stereocenters. The number of aryl methyl sites for hydroxylation is 1. The molecule has 1 heterocycles. The van der Waals surface area contributed by atoms with Gasteiger partial charge in [0.15, 0.2) is 0 Å². The molecular weight excluding hydrogens is 260 g/mol. The summed E-state index contributed by atoms with van der Waals surface area (Å²) in [6.45, 7) is 10.4. The molecule has 1 aromatic carbocycles. The predicted molar refractivity (Wildman–Crippen MR) is 88.5 cm³/mol. The van der Waals surface area contributed by atoms with E-state index in [0.29, 0.717) is 0 Å². The van der Waals surface area contributed by atoms with Crippen LogP contribution in [0.1, 0.15) is 50.8 Å². The van der Waals surface area contributed by atoms with Gasteiger partial charge < -0.3 is 10.5 Å². The average Bonchev–Trinajstić information content (AvgIpc) is 2.55. The number of morpholine rings is 1. The minimum absolute atomic E-state index is 0.00534. The van der Waals surface area contributed by atoms with Gasteiger partial charge in [-0.3, -0.25) is 4.90 Å². The average molecular weight is 290 g/mol. The van der Waals surface area contributed by atoms with E-state index in [1.165, 1.54) is 17.5 Å². The van der Waals surface area contributed by atoms with Gasteiger partial charge in [0.05, 0.1) is 13.2 Å². The summed E-state index contributed by atoms with van der Waals surface area (Å²) in [5.41, 5.74) is 9.35. The zero-order valence-electron chi connectivity index (χ0n) is 13.8. The number of nitrogens with zero attached hydrogens (tertiary/aromatic N) is 1.